The van der Waals surface area contributed by atoms with Crippen molar-refractivity contribution in [3.8, 4) is 10.7 Å². The summed E-state index contributed by atoms with van der Waals surface area (Å²) in [7, 11) is 0. The first-order valence-corrected chi connectivity index (χ1v) is 9.78. The van der Waals surface area contributed by atoms with Crippen LogP contribution in [0.3, 0.4) is 0 Å². The highest BCUT2D eigenvalue weighted by molar-refractivity contribution is 8.00. The van der Waals surface area contributed by atoms with Crippen LogP contribution in [0.1, 0.15) is 13.8 Å². The van der Waals surface area contributed by atoms with Gasteiger partial charge in [0.2, 0.25) is 5.91 Å². The average molecular weight is 394 g/mol. The van der Waals surface area contributed by atoms with Gasteiger partial charge in [0.15, 0.2) is 11.0 Å². The molecular weight excluding hydrogens is 378 g/mol. The number of carbonyl (C=O) groups excluding carboxylic acids is 1. The maximum atomic E-state index is 12.4. The fourth-order valence-corrected chi connectivity index (χ4v) is 3.88. The molecule has 1 N–H and O–H groups in total. The molecule has 3 aromatic rings. The third-order valence-electron chi connectivity index (χ3n) is 3.40. The zero-order valence-corrected chi connectivity index (χ0v) is 16.0. The number of hydrogen-bond acceptors (Lipinski definition) is 6. The van der Waals surface area contributed by atoms with Crippen LogP contribution >= 0.6 is 34.7 Å². The third-order valence-corrected chi connectivity index (χ3v) is 5.57. The molecule has 25 heavy (non-hydrogen) atoms. The van der Waals surface area contributed by atoms with Crippen LogP contribution in [0.5, 0.6) is 0 Å². The molecule has 3 heterocycles. The molecule has 6 nitrogen and oxygen atoms in total. The van der Waals surface area contributed by atoms with Crippen molar-refractivity contribution in [1.29, 1.82) is 0 Å². The van der Waals surface area contributed by atoms with Gasteiger partial charge in [0.05, 0.1) is 15.1 Å². The molecule has 0 spiro atoms. The highest BCUT2D eigenvalue weighted by Crippen LogP contribution is 2.29. The fourth-order valence-electron chi connectivity index (χ4n) is 2.14. The van der Waals surface area contributed by atoms with Crippen molar-refractivity contribution in [3.05, 3.63) is 40.9 Å². The normalized spacial score (nSPS) is 12.1. The van der Waals surface area contributed by atoms with E-state index in [-0.39, 0.29) is 11.2 Å². The Morgan fingerprint density at radius 2 is 2.24 bits per heavy atom. The summed E-state index contributed by atoms with van der Waals surface area (Å²) >= 11 is 8.79. The molecule has 3 aromatic heterocycles. The van der Waals surface area contributed by atoms with Crippen molar-refractivity contribution in [1.82, 2.24) is 19.7 Å². The van der Waals surface area contributed by atoms with Crippen molar-refractivity contribution in [2.24, 2.45) is 0 Å². The number of carbonyl (C=O) groups is 1. The lowest BCUT2D eigenvalue weighted by Crippen LogP contribution is -2.23. The first-order chi connectivity index (χ1) is 12.1. The molecule has 0 saturated carbocycles. The summed E-state index contributed by atoms with van der Waals surface area (Å²) < 4.78 is 2.01. The number of amides is 1. The van der Waals surface area contributed by atoms with Crippen molar-refractivity contribution < 1.29 is 4.79 Å². The molecule has 0 aliphatic rings. The Balaban J connectivity index is 1.71. The minimum atomic E-state index is -0.344. The van der Waals surface area contributed by atoms with E-state index in [4.69, 9.17) is 11.6 Å². The molecule has 0 bridgehead atoms. The third kappa shape index (κ3) is 4.20. The number of thioether (sulfide) groups is 1. The number of hydrogen-bond donors (Lipinski definition) is 1. The van der Waals surface area contributed by atoms with E-state index in [2.05, 4.69) is 20.5 Å². The number of nitrogens with one attached hydrogen (secondary N) is 1. The standard InChI is InChI=1S/C16H16ClN5OS2/c1-3-22-14(12-5-4-8-24-12)20-21-16(22)25-10(2)15(23)19-13-7-6-11(17)9-18-13/h4-10H,3H2,1-2H3,(H,18,19,23)/t10-/m0/s1. The second-order valence-electron chi connectivity index (χ2n) is 5.14. The summed E-state index contributed by atoms with van der Waals surface area (Å²) in [6.07, 6.45) is 1.50. The zero-order valence-electron chi connectivity index (χ0n) is 13.6. The van der Waals surface area contributed by atoms with Gasteiger partial charge < -0.3 is 9.88 Å². The van der Waals surface area contributed by atoms with Crippen LogP contribution in [0.2, 0.25) is 5.02 Å². The lowest BCUT2D eigenvalue weighted by molar-refractivity contribution is -0.115. The minimum Gasteiger partial charge on any atom is -0.310 e. The van der Waals surface area contributed by atoms with Crippen LogP contribution in [0.15, 0.2) is 41.0 Å². The Kier molecular flexibility index (Phi) is 5.72. The highest BCUT2D eigenvalue weighted by Gasteiger charge is 2.21. The van der Waals surface area contributed by atoms with Crippen LogP contribution in [0.25, 0.3) is 10.7 Å². The Bertz CT molecular complexity index is 848. The summed E-state index contributed by atoms with van der Waals surface area (Å²) in [6, 6.07) is 7.35. The van der Waals surface area contributed by atoms with E-state index in [0.717, 1.165) is 22.4 Å². The second-order valence-corrected chi connectivity index (χ2v) is 7.83. The van der Waals surface area contributed by atoms with Gasteiger partial charge in [-0.05, 0) is 37.4 Å². The molecule has 1 amide bonds. The molecule has 0 aliphatic carbocycles. The van der Waals surface area contributed by atoms with Gasteiger partial charge in [0, 0.05) is 12.7 Å². The van der Waals surface area contributed by atoms with Crippen molar-refractivity contribution in [3.63, 3.8) is 0 Å². The molecule has 0 fully saturated rings. The van der Waals surface area contributed by atoms with Gasteiger partial charge in [-0.15, -0.1) is 21.5 Å². The molecule has 9 heteroatoms. The molecule has 1 atom stereocenters. The van der Waals surface area contributed by atoms with Gasteiger partial charge >= 0.3 is 0 Å². The predicted octanol–water partition coefficient (Wildman–Crippen LogP) is 4.19. The summed E-state index contributed by atoms with van der Waals surface area (Å²) in [5.41, 5.74) is 0. The van der Waals surface area contributed by atoms with E-state index in [1.807, 2.05) is 35.9 Å². The second kappa shape index (κ2) is 7.99. The van der Waals surface area contributed by atoms with E-state index in [1.54, 1.807) is 23.5 Å². The Morgan fingerprint density at radius 1 is 1.40 bits per heavy atom. The molecule has 0 saturated heterocycles. The average Bonchev–Trinajstić information content (AvgIpc) is 3.25. The Morgan fingerprint density at radius 3 is 2.88 bits per heavy atom. The summed E-state index contributed by atoms with van der Waals surface area (Å²) in [5, 5.41) is 14.2. The van der Waals surface area contributed by atoms with Crippen LogP contribution in [0.4, 0.5) is 5.82 Å². The maximum absolute atomic E-state index is 12.4. The van der Waals surface area contributed by atoms with E-state index >= 15 is 0 Å². The monoisotopic (exact) mass is 393 g/mol. The quantitative estimate of drug-likeness (QED) is 0.635. The fraction of sp³-hybridized carbons (Fsp3) is 0.250. The van der Waals surface area contributed by atoms with Gasteiger partial charge in [-0.2, -0.15) is 0 Å². The number of pyridine rings is 1. The number of thiophene rings is 1. The summed E-state index contributed by atoms with van der Waals surface area (Å²) in [5.74, 6) is 1.15. The van der Waals surface area contributed by atoms with Gasteiger partial charge in [-0.3, -0.25) is 4.79 Å². The van der Waals surface area contributed by atoms with E-state index in [1.165, 1.54) is 18.0 Å². The molecule has 0 aromatic carbocycles. The van der Waals surface area contributed by atoms with Gasteiger partial charge in [-0.25, -0.2) is 4.98 Å². The maximum Gasteiger partial charge on any atom is 0.238 e. The Hall–Kier alpha value is -1.90. The molecule has 130 valence electrons. The first kappa shape index (κ1) is 17.9. The predicted molar refractivity (Wildman–Crippen MR) is 102 cm³/mol. The van der Waals surface area contributed by atoms with E-state index in [9.17, 15) is 4.79 Å². The van der Waals surface area contributed by atoms with Crippen LogP contribution in [-0.2, 0) is 11.3 Å². The molecule has 3 rings (SSSR count). The lowest BCUT2D eigenvalue weighted by atomic mass is 10.4. The molecular formula is C16H16ClN5OS2. The van der Waals surface area contributed by atoms with Crippen molar-refractivity contribution in [2.45, 2.75) is 30.8 Å². The number of rotatable bonds is 6. The SMILES string of the molecule is CCn1c(S[C@@H](C)C(=O)Nc2ccc(Cl)cn2)nnc1-c1cccs1. The topological polar surface area (TPSA) is 72.7 Å². The number of nitrogens with zero attached hydrogens (tertiary/aromatic N) is 4. The van der Waals surface area contributed by atoms with Crippen LogP contribution in [0, 0.1) is 0 Å². The van der Waals surface area contributed by atoms with E-state index in [0.29, 0.717) is 10.8 Å². The first-order valence-electron chi connectivity index (χ1n) is 7.64. The number of halogens is 1. The largest absolute Gasteiger partial charge is 0.310 e. The lowest BCUT2D eigenvalue weighted by Gasteiger charge is -2.12. The molecule has 0 unspecified atom stereocenters. The molecule has 0 aliphatic heterocycles. The zero-order chi connectivity index (χ0) is 17.8. The highest BCUT2D eigenvalue weighted by atomic mass is 35.5. The van der Waals surface area contributed by atoms with Crippen LogP contribution < -0.4 is 5.32 Å². The van der Waals surface area contributed by atoms with Gasteiger partial charge in [0.1, 0.15) is 5.82 Å². The number of aromatic nitrogens is 4. The smallest absolute Gasteiger partial charge is 0.238 e. The van der Waals surface area contributed by atoms with Gasteiger partial charge in [-0.1, -0.05) is 29.4 Å². The van der Waals surface area contributed by atoms with Crippen molar-refractivity contribution >= 4 is 46.4 Å². The number of anilines is 1. The van der Waals surface area contributed by atoms with Crippen LogP contribution in [-0.4, -0.2) is 30.9 Å². The molecule has 0 radical (unpaired) electrons. The summed E-state index contributed by atoms with van der Waals surface area (Å²) in [4.78, 5) is 17.5. The van der Waals surface area contributed by atoms with Crippen molar-refractivity contribution in [2.75, 3.05) is 5.32 Å². The Labute approximate surface area is 158 Å². The van der Waals surface area contributed by atoms with E-state index < -0.39 is 0 Å². The van der Waals surface area contributed by atoms with Gasteiger partial charge in [0.25, 0.3) is 0 Å². The summed E-state index contributed by atoms with van der Waals surface area (Å²) in [6.45, 7) is 4.60. The minimum absolute atomic E-state index is 0.150.